The van der Waals surface area contributed by atoms with Crippen molar-refractivity contribution >= 4 is 8.07 Å². The van der Waals surface area contributed by atoms with Crippen molar-refractivity contribution in [1.29, 1.82) is 0 Å². The van der Waals surface area contributed by atoms with Crippen molar-refractivity contribution in [3.63, 3.8) is 0 Å². The Labute approximate surface area is 145 Å². The number of hydrogen-bond donors (Lipinski definition) is 0. The van der Waals surface area contributed by atoms with Gasteiger partial charge < -0.3 is 14.2 Å². The molecule has 0 fully saturated rings. The summed E-state index contributed by atoms with van der Waals surface area (Å²) >= 11 is 0. The Morgan fingerprint density at radius 1 is 0.875 bits per heavy atom. The summed E-state index contributed by atoms with van der Waals surface area (Å²) in [5, 5.41) is 0. The molecule has 0 aliphatic carbocycles. The van der Waals surface area contributed by atoms with Gasteiger partial charge in [-0.3, -0.25) is 0 Å². The monoisotopic (exact) mass is 345 g/mol. The fourth-order valence-corrected chi connectivity index (χ4v) is 2.75. The summed E-state index contributed by atoms with van der Waals surface area (Å²) in [6, 6.07) is 16.9. The molecule has 0 saturated carbocycles. The molecule has 5 heteroatoms. The maximum Gasteiger partial charge on any atom is 0.213 e. The molecule has 2 aromatic rings. The van der Waals surface area contributed by atoms with Gasteiger partial charge in [-0.15, -0.1) is 0 Å². The number of pyridine rings is 1. The summed E-state index contributed by atoms with van der Waals surface area (Å²) in [6.45, 7) is 9.02. The SMILES string of the molecule is C[Si](C)(C)CCOCOCc1cccc(OCc2ccccc2)n1. The maximum atomic E-state index is 5.72. The molecular formula is C19H27NO3Si. The minimum atomic E-state index is -1.04. The van der Waals surface area contributed by atoms with Gasteiger partial charge >= 0.3 is 0 Å². The third-order valence-electron chi connectivity index (χ3n) is 3.42. The van der Waals surface area contributed by atoms with Crippen LogP contribution in [0, 0.1) is 0 Å². The Bertz CT molecular complexity index is 599. The van der Waals surface area contributed by atoms with Crippen molar-refractivity contribution < 1.29 is 14.2 Å². The highest BCUT2D eigenvalue weighted by Gasteiger charge is 2.11. The van der Waals surface area contributed by atoms with E-state index in [1.807, 2.05) is 48.5 Å². The van der Waals surface area contributed by atoms with Gasteiger partial charge in [-0.2, -0.15) is 0 Å². The molecule has 2 rings (SSSR count). The Balaban J connectivity index is 1.69. The van der Waals surface area contributed by atoms with Crippen LogP contribution in [0.15, 0.2) is 48.5 Å². The summed E-state index contributed by atoms with van der Waals surface area (Å²) in [6.07, 6.45) is 0. The molecular weight excluding hydrogens is 318 g/mol. The molecule has 0 aliphatic rings. The number of hydrogen-bond acceptors (Lipinski definition) is 4. The molecule has 1 aromatic heterocycles. The van der Waals surface area contributed by atoms with Crippen LogP contribution < -0.4 is 4.74 Å². The van der Waals surface area contributed by atoms with Gasteiger partial charge in [-0.05, 0) is 17.7 Å². The van der Waals surface area contributed by atoms with E-state index in [0.717, 1.165) is 23.9 Å². The van der Waals surface area contributed by atoms with Gasteiger partial charge in [0.2, 0.25) is 5.88 Å². The standard InChI is InChI=1S/C19H27NO3Si/c1-24(2,3)13-12-21-16-22-15-18-10-7-11-19(20-18)23-14-17-8-5-4-6-9-17/h4-11H,12-16H2,1-3H3. The van der Waals surface area contributed by atoms with E-state index in [4.69, 9.17) is 14.2 Å². The minimum absolute atomic E-state index is 0.307. The molecule has 0 saturated heterocycles. The predicted molar refractivity (Wildman–Crippen MR) is 98.8 cm³/mol. The number of nitrogens with zero attached hydrogens (tertiary/aromatic N) is 1. The summed E-state index contributed by atoms with van der Waals surface area (Å²) in [5.41, 5.74) is 1.96. The lowest BCUT2D eigenvalue weighted by Gasteiger charge is -2.15. The second-order valence-corrected chi connectivity index (χ2v) is 12.5. The fraction of sp³-hybridized carbons (Fsp3) is 0.421. The molecule has 0 radical (unpaired) electrons. The first kappa shape index (κ1) is 18.6. The average molecular weight is 346 g/mol. The average Bonchev–Trinajstić information content (AvgIpc) is 2.56. The molecule has 1 aromatic carbocycles. The van der Waals surface area contributed by atoms with Crippen LogP contribution in [0.3, 0.4) is 0 Å². The zero-order valence-electron chi connectivity index (χ0n) is 14.8. The zero-order valence-corrected chi connectivity index (χ0v) is 15.8. The molecule has 0 unspecified atom stereocenters. The van der Waals surface area contributed by atoms with Crippen LogP contribution in [0.5, 0.6) is 5.88 Å². The lowest BCUT2D eigenvalue weighted by molar-refractivity contribution is -0.0583. The molecule has 4 nitrogen and oxygen atoms in total. The van der Waals surface area contributed by atoms with Crippen LogP contribution >= 0.6 is 0 Å². The summed E-state index contributed by atoms with van der Waals surface area (Å²) < 4.78 is 16.8. The van der Waals surface area contributed by atoms with Crippen molar-refractivity contribution in [2.24, 2.45) is 0 Å². The Hall–Kier alpha value is -1.69. The lowest BCUT2D eigenvalue weighted by Crippen LogP contribution is -2.22. The van der Waals surface area contributed by atoms with E-state index in [1.165, 1.54) is 0 Å². The van der Waals surface area contributed by atoms with Crippen LogP contribution in [-0.2, 0) is 22.7 Å². The van der Waals surface area contributed by atoms with E-state index in [9.17, 15) is 0 Å². The van der Waals surface area contributed by atoms with Gasteiger partial charge in [-0.1, -0.05) is 56.0 Å². The maximum absolute atomic E-state index is 5.72. The molecule has 0 aliphatic heterocycles. The molecule has 1 heterocycles. The normalized spacial score (nSPS) is 11.5. The third kappa shape index (κ3) is 7.72. The zero-order chi connectivity index (χ0) is 17.3. The summed E-state index contributed by atoms with van der Waals surface area (Å²) in [7, 11) is -1.04. The topological polar surface area (TPSA) is 40.6 Å². The molecule has 130 valence electrons. The smallest absolute Gasteiger partial charge is 0.213 e. The van der Waals surface area contributed by atoms with E-state index >= 15 is 0 Å². The Morgan fingerprint density at radius 3 is 2.42 bits per heavy atom. The highest BCUT2D eigenvalue weighted by Crippen LogP contribution is 2.11. The Kier molecular flexibility index (Phi) is 7.43. The van der Waals surface area contributed by atoms with Crippen LogP contribution in [0.25, 0.3) is 0 Å². The summed E-state index contributed by atoms with van der Waals surface area (Å²) in [4.78, 5) is 4.45. The number of rotatable bonds is 10. The van der Waals surface area contributed by atoms with Crippen molar-refractivity contribution in [2.45, 2.75) is 38.9 Å². The van der Waals surface area contributed by atoms with E-state index < -0.39 is 8.07 Å². The molecule has 0 N–H and O–H groups in total. The van der Waals surface area contributed by atoms with Crippen LogP contribution in [-0.4, -0.2) is 26.5 Å². The number of ether oxygens (including phenoxy) is 3. The summed E-state index contributed by atoms with van der Waals surface area (Å²) in [5.74, 6) is 0.611. The fourth-order valence-electron chi connectivity index (χ4n) is 1.99. The number of aromatic nitrogens is 1. The van der Waals surface area contributed by atoms with Gasteiger partial charge in [0.1, 0.15) is 13.4 Å². The second kappa shape index (κ2) is 9.57. The molecule has 0 spiro atoms. The van der Waals surface area contributed by atoms with Crippen LogP contribution in [0.2, 0.25) is 25.7 Å². The highest BCUT2D eigenvalue weighted by molar-refractivity contribution is 6.76. The largest absolute Gasteiger partial charge is 0.473 e. The molecule has 24 heavy (non-hydrogen) atoms. The van der Waals surface area contributed by atoms with Crippen molar-refractivity contribution in [3.8, 4) is 5.88 Å². The van der Waals surface area contributed by atoms with E-state index in [-0.39, 0.29) is 0 Å². The van der Waals surface area contributed by atoms with Gasteiger partial charge in [0.15, 0.2) is 0 Å². The molecule has 0 bridgehead atoms. The second-order valence-electron chi connectivity index (χ2n) is 6.93. The minimum Gasteiger partial charge on any atom is -0.473 e. The number of benzene rings is 1. The first-order chi connectivity index (χ1) is 11.5. The van der Waals surface area contributed by atoms with Gasteiger partial charge in [-0.25, -0.2) is 4.98 Å². The first-order valence-electron chi connectivity index (χ1n) is 8.31. The quantitative estimate of drug-likeness (QED) is 0.361. The molecule has 0 atom stereocenters. The highest BCUT2D eigenvalue weighted by atomic mass is 28.3. The lowest BCUT2D eigenvalue weighted by atomic mass is 10.2. The van der Waals surface area contributed by atoms with E-state index in [1.54, 1.807) is 0 Å². The van der Waals surface area contributed by atoms with E-state index in [0.29, 0.717) is 25.9 Å². The predicted octanol–water partition coefficient (Wildman–Crippen LogP) is 4.49. The Morgan fingerprint density at radius 2 is 1.67 bits per heavy atom. The molecule has 0 amide bonds. The van der Waals surface area contributed by atoms with Crippen molar-refractivity contribution in [3.05, 3.63) is 59.8 Å². The van der Waals surface area contributed by atoms with Crippen molar-refractivity contribution in [2.75, 3.05) is 13.4 Å². The van der Waals surface area contributed by atoms with Gasteiger partial charge in [0.25, 0.3) is 0 Å². The van der Waals surface area contributed by atoms with E-state index in [2.05, 4.69) is 24.6 Å². The first-order valence-corrected chi connectivity index (χ1v) is 12.0. The third-order valence-corrected chi connectivity index (χ3v) is 5.13. The van der Waals surface area contributed by atoms with Crippen LogP contribution in [0.1, 0.15) is 11.3 Å². The van der Waals surface area contributed by atoms with Gasteiger partial charge in [0, 0.05) is 20.7 Å². The van der Waals surface area contributed by atoms with Crippen molar-refractivity contribution in [1.82, 2.24) is 4.98 Å². The van der Waals surface area contributed by atoms with Gasteiger partial charge in [0.05, 0.1) is 12.3 Å². The van der Waals surface area contributed by atoms with Crippen LogP contribution in [0.4, 0.5) is 0 Å².